The molecule has 0 aliphatic heterocycles. The molecule has 5 heteroatoms. The van der Waals surface area contributed by atoms with Gasteiger partial charge < -0.3 is 4.74 Å². The van der Waals surface area contributed by atoms with Gasteiger partial charge in [0, 0.05) is 0 Å². The molecule has 0 radical (unpaired) electrons. The topological polar surface area (TPSA) is 50.7 Å². The number of nitrogens with one attached hydrogen (secondary N) is 1. The molecule has 1 amide bonds. The van der Waals surface area contributed by atoms with Crippen molar-refractivity contribution in [2.24, 2.45) is 5.10 Å². The van der Waals surface area contributed by atoms with Crippen LogP contribution in [0, 0.1) is 0 Å². The van der Waals surface area contributed by atoms with E-state index in [1.54, 1.807) is 6.92 Å². The van der Waals surface area contributed by atoms with Gasteiger partial charge in [0.2, 0.25) is 0 Å². The van der Waals surface area contributed by atoms with Crippen molar-refractivity contribution < 1.29 is 9.53 Å². The number of hydrogen-bond donors (Lipinski definition) is 1. The van der Waals surface area contributed by atoms with E-state index in [1.165, 1.54) is 7.11 Å². The quantitative estimate of drug-likeness (QED) is 0.376. The molecule has 4 nitrogen and oxygen atoms in total. The Morgan fingerprint density at radius 1 is 1.80 bits per heavy atom. The Labute approximate surface area is 64.2 Å². The second-order valence-corrected chi connectivity index (χ2v) is 1.85. The zero-order valence-electron chi connectivity index (χ0n) is 5.85. The standard InChI is InChI=1S/C5H9ClN2O2/c1-4(3-6)7-8-5(9)10-2/h3H2,1-2H3,(H,8,9)/b7-4-. The van der Waals surface area contributed by atoms with Gasteiger partial charge >= 0.3 is 6.09 Å². The molecule has 0 aliphatic rings. The van der Waals surface area contributed by atoms with Crippen LogP contribution in [0.5, 0.6) is 0 Å². The van der Waals surface area contributed by atoms with Crippen LogP contribution in [0.2, 0.25) is 0 Å². The van der Waals surface area contributed by atoms with E-state index in [2.05, 4.69) is 15.3 Å². The van der Waals surface area contributed by atoms with Crippen LogP contribution in [0.3, 0.4) is 0 Å². The van der Waals surface area contributed by atoms with E-state index in [4.69, 9.17) is 11.6 Å². The Kier molecular flexibility index (Phi) is 4.66. The fourth-order valence-electron chi connectivity index (χ4n) is 0.217. The number of hydrazone groups is 1. The summed E-state index contributed by atoms with van der Waals surface area (Å²) in [4.78, 5) is 10.3. The molecule has 0 aliphatic carbocycles. The van der Waals surface area contributed by atoms with E-state index in [9.17, 15) is 4.79 Å². The fraction of sp³-hybridized carbons (Fsp3) is 0.600. The molecule has 0 unspecified atom stereocenters. The van der Waals surface area contributed by atoms with Crippen molar-refractivity contribution in [3.05, 3.63) is 0 Å². The summed E-state index contributed by atoms with van der Waals surface area (Å²) in [5, 5.41) is 3.57. The molecule has 10 heavy (non-hydrogen) atoms. The summed E-state index contributed by atoms with van der Waals surface area (Å²) < 4.78 is 4.24. The van der Waals surface area contributed by atoms with Crippen molar-refractivity contribution in [1.82, 2.24) is 5.43 Å². The average Bonchev–Trinajstić information content (AvgIpc) is 1.99. The van der Waals surface area contributed by atoms with Crippen molar-refractivity contribution in [3.63, 3.8) is 0 Å². The lowest BCUT2D eigenvalue weighted by molar-refractivity contribution is 0.171. The van der Waals surface area contributed by atoms with Gasteiger partial charge in [0.05, 0.1) is 18.7 Å². The lowest BCUT2D eigenvalue weighted by Crippen LogP contribution is -2.18. The molecule has 0 atom stereocenters. The smallest absolute Gasteiger partial charge is 0.427 e. The number of hydrogen-bond acceptors (Lipinski definition) is 3. The van der Waals surface area contributed by atoms with Gasteiger partial charge in [0.25, 0.3) is 0 Å². The molecular formula is C5H9ClN2O2. The summed E-state index contributed by atoms with van der Waals surface area (Å²) in [5.41, 5.74) is 2.76. The van der Waals surface area contributed by atoms with E-state index < -0.39 is 6.09 Å². The van der Waals surface area contributed by atoms with Crippen LogP contribution in [0.4, 0.5) is 4.79 Å². The molecule has 0 saturated heterocycles. The highest BCUT2D eigenvalue weighted by Crippen LogP contribution is 1.80. The summed E-state index contributed by atoms with van der Waals surface area (Å²) in [6.07, 6.45) is -0.593. The first-order valence-corrected chi connectivity index (χ1v) is 3.17. The van der Waals surface area contributed by atoms with Crippen LogP contribution in [0.15, 0.2) is 5.10 Å². The Balaban J connectivity index is 3.61. The molecule has 0 aromatic rings. The number of ether oxygens (including phenoxy) is 1. The highest BCUT2D eigenvalue weighted by Gasteiger charge is 1.93. The lowest BCUT2D eigenvalue weighted by Gasteiger charge is -1.96. The highest BCUT2D eigenvalue weighted by atomic mass is 35.5. The van der Waals surface area contributed by atoms with Crippen molar-refractivity contribution in [1.29, 1.82) is 0 Å². The van der Waals surface area contributed by atoms with Gasteiger partial charge in [-0.15, -0.1) is 11.6 Å². The Morgan fingerprint density at radius 3 is 2.80 bits per heavy atom. The minimum atomic E-state index is -0.593. The molecule has 0 rings (SSSR count). The van der Waals surface area contributed by atoms with E-state index >= 15 is 0 Å². The molecule has 0 aromatic carbocycles. The zero-order valence-corrected chi connectivity index (χ0v) is 6.60. The summed E-state index contributed by atoms with van der Waals surface area (Å²) >= 11 is 5.36. The summed E-state index contributed by atoms with van der Waals surface area (Å²) in [6.45, 7) is 1.70. The van der Waals surface area contributed by atoms with Crippen molar-refractivity contribution in [2.45, 2.75) is 6.92 Å². The van der Waals surface area contributed by atoms with Crippen molar-refractivity contribution in [2.75, 3.05) is 13.0 Å². The Hall–Kier alpha value is -0.770. The van der Waals surface area contributed by atoms with Crippen molar-refractivity contribution in [3.8, 4) is 0 Å². The third-order valence-electron chi connectivity index (χ3n) is 0.717. The molecule has 0 aromatic heterocycles. The maximum Gasteiger partial charge on any atom is 0.427 e. The normalized spacial score (nSPS) is 10.9. The lowest BCUT2D eigenvalue weighted by atomic mass is 10.5. The summed E-state index contributed by atoms with van der Waals surface area (Å²) in [6, 6.07) is 0. The van der Waals surface area contributed by atoms with Gasteiger partial charge in [-0.1, -0.05) is 0 Å². The van der Waals surface area contributed by atoms with E-state index in [-0.39, 0.29) is 0 Å². The van der Waals surface area contributed by atoms with Gasteiger partial charge in [-0.3, -0.25) is 0 Å². The predicted molar refractivity (Wildman–Crippen MR) is 39.4 cm³/mol. The minimum Gasteiger partial charge on any atom is -0.452 e. The second-order valence-electron chi connectivity index (χ2n) is 1.58. The largest absolute Gasteiger partial charge is 0.452 e. The fourth-order valence-corrected chi connectivity index (χ4v) is 0.276. The number of amides is 1. The maximum atomic E-state index is 10.3. The molecule has 0 saturated carbocycles. The number of rotatable bonds is 2. The molecular weight excluding hydrogens is 156 g/mol. The van der Waals surface area contributed by atoms with Crippen LogP contribution < -0.4 is 5.43 Å². The van der Waals surface area contributed by atoms with Crippen LogP contribution in [0.25, 0.3) is 0 Å². The number of halogens is 1. The molecule has 0 heterocycles. The van der Waals surface area contributed by atoms with Crippen LogP contribution in [0.1, 0.15) is 6.92 Å². The minimum absolute atomic E-state index is 0.296. The highest BCUT2D eigenvalue weighted by molar-refractivity contribution is 6.28. The van der Waals surface area contributed by atoms with Gasteiger partial charge in [0.15, 0.2) is 0 Å². The maximum absolute atomic E-state index is 10.3. The summed E-state index contributed by atoms with van der Waals surface area (Å²) in [7, 11) is 1.26. The molecule has 58 valence electrons. The molecule has 0 spiro atoms. The van der Waals surface area contributed by atoms with Gasteiger partial charge in [0.1, 0.15) is 0 Å². The van der Waals surface area contributed by atoms with Crippen LogP contribution >= 0.6 is 11.6 Å². The molecule has 0 fully saturated rings. The third-order valence-corrected chi connectivity index (χ3v) is 1.10. The monoisotopic (exact) mass is 164 g/mol. The van der Waals surface area contributed by atoms with Crippen molar-refractivity contribution >= 4 is 23.4 Å². The number of carbonyl (C=O) groups is 1. The first kappa shape index (κ1) is 9.23. The Morgan fingerprint density at radius 2 is 2.40 bits per heavy atom. The van der Waals surface area contributed by atoms with E-state index in [1.807, 2.05) is 0 Å². The van der Waals surface area contributed by atoms with Gasteiger partial charge in [-0.25, -0.2) is 10.2 Å². The average molecular weight is 165 g/mol. The van der Waals surface area contributed by atoms with Gasteiger partial charge in [-0.2, -0.15) is 5.10 Å². The predicted octanol–water partition coefficient (Wildman–Crippen LogP) is 0.957. The summed E-state index contributed by atoms with van der Waals surface area (Å²) in [5.74, 6) is 0.296. The zero-order chi connectivity index (χ0) is 7.98. The SMILES string of the molecule is COC(=O)N/N=C(/C)CCl. The van der Waals surface area contributed by atoms with Crippen LogP contribution in [-0.2, 0) is 4.74 Å². The number of carbonyl (C=O) groups excluding carboxylic acids is 1. The van der Waals surface area contributed by atoms with E-state index in [0.717, 1.165) is 0 Å². The van der Waals surface area contributed by atoms with E-state index in [0.29, 0.717) is 11.6 Å². The number of nitrogens with zero attached hydrogens (tertiary/aromatic N) is 1. The Bertz CT molecular complexity index is 147. The van der Waals surface area contributed by atoms with Crippen LogP contribution in [-0.4, -0.2) is 24.8 Å². The number of alkyl halides is 1. The number of methoxy groups -OCH3 is 1. The molecule has 0 bridgehead atoms. The van der Waals surface area contributed by atoms with Gasteiger partial charge in [-0.05, 0) is 6.92 Å². The second kappa shape index (κ2) is 5.05. The third kappa shape index (κ3) is 4.14. The first-order chi connectivity index (χ1) is 4.70. The molecule has 1 N–H and O–H groups in total. The first-order valence-electron chi connectivity index (χ1n) is 2.63.